The lowest BCUT2D eigenvalue weighted by Gasteiger charge is -2.31. The van der Waals surface area contributed by atoms with Crippen molar-refractivity contribution in [1.82, 2.24) is 9.47 Å². The fourth-order valence-electron chi connectivity index (χ4n) is 3.95. The van der Waals surface area contributed by atoms with Gasteiger partial charge in [0.25, 0.3) is 0 Å². The molecule has 0 radical (unpaired) electrons. The van der Waals surface area contributed by atoms with Crippen molar-refractivity contribution in [3.05, 3.63) is 94.6 Å². The Morgan fingerprint density at radius 1 is 0.962 bits per heavy atom. The Morgan fingerprint density at radius 3 is 2.54 bits per heavy atom. The van der Waals surface area contributed by atoms with Crippen LogP contribution >= 0.6 is 0 Å². The Labute approximate surface area is 154 Å². The third-order valence-electron chi connectivity index (χ3n) is 5.50. The van der Waals surface area contributed by atoms with E-state index in [1.54, 1.807) is 12.1 Å². The van der Waals surface area contributed by atoms with Crippen molar-refractivity contribution in [3.8, 4) is 0 Å². The van der Waals surface area contributed by atoms with Gasteiger partial charge < -0.3 is 4.57 Å². The van der Waals surface area contributed by atoms with Gasteiger partial charge >= 0.3 is 0 Å². The molecule has 0 saturated carbocycles. The van der Waals surface area contributed by atoms with Crippen LogP contribution in [0.5, 0.6) is 0 Å². The second-order valence-electron chi connectivity index (χ2n) is 7.32. The van der Waals surface area contributed by atoms with Crippen molar-refractivity contribution in [1.29, 1.82) is 0 Å². The number of aryl methyl sites for hydroxylation is 3. The van der Waals surface area contributed by atoms with Crippen molar-refractivity contribution in [2.24, 2.45) is 0 Å². The molecule has 0 saturated heterocycles. The second-order valence-corrected chi connectivity index (χ2v) is 7.32. The maximum absolute atomic E-state index is 13.3. The summed E-state index contributed by atoms with van der Waals surface area (Å²) in [6, 6.07) is 18.3. The van der Waals surface area contributed by atoms with Gasteiger partial charge in [0.15, 0.2) is 0 Å². The van der Waals surface area contributed by atoms with Crippen LogP contribution in [0.4, 0.5) is 4.39 Å². The number of fused-ring (bicyclic) bond motifs is 1. The molecule has 2 heterocycles. The first-order chi connectivity index (χ1) is 12.6. The summed E-state index contributed by atoms with van der Waals surface area (Å²) in [4.78, 5) is 2.52. The Bertz CT molecular complexity index is 895. The summed E-state index contributed by atoms with van der Waals surface area (Å²) in [5.41, 5.74) is 6.47. The predicted octanol–water partition coefficient (Wildman–Crippen LogP) is 5.24. The highest BCUT2D eigenvalue weighted by Gasteiger charge is 2.27. The molecule has 1 aromatic heterocycles. The Kier molecular flexibility index (Phi) is 4.64. The molecule has 2 nitrogen and oxygen atoms in total. The molecule has 0 aliphatic carbocycles. The average molecular weight is 348 g/mol. The number of rotatable bonds is 3. The molecule has 3 aromatic rings. The van der Waals surface area contributed by atoms with E-state index in [2.05, 4.69) is 59.8 Å². The van der Waals surface area contributed by atoms with Gasteiger partial charge in [-0.15, -0.1) is 0 Å². The number of nitrogens with zero attached hydrogens (tertiary/aromatic N) is 2. The highest BCUT2D eigenvalue weighted by atomic mass is 19.1. The minimum Gasteiger partial charge on any atom is -0.350 e. The van der Waals surface area contributed by atoms with E-state index < -0.39 is 0 Å². The van der Waals surface area contributed by atoms with E-state index in [0.29, 0.717) is 0 Å². The first kappa shape index (κ1) is 17.0. The number of benzene rings is 2. The minimum absolute atomic E-state index is 0.177. The lowest BCUT2D eigenvalue weighted by atomic mass is 9.97. The molecule has 1 unspecified atom stereocenters. The van der Waals surface area contributed by atoms with E-state index in [1.165, 1.54) is 22.4 Å². The first-order valence-corrected chi connectivity index (χ1v) is 9.32. The molecule has 1 aliphatic heterocycles. The Balaban J connectivity index is 1.75. The van der Waals surface area contributed by atoms with Crippen LogP contribution in [-0.4, -0.2) is 16.0 Å². The van der Waals surface area contributed by atoms with Crippen LogP contribution in [0.25, 0.3) is 0 Å². The van der Waals surface area contributed by atoms with E-state index in [0.717, 1.165) is 31.6 Å². The molecule has 1 atom stereocenters. The topological polar surface area (TPSA) is 8.17 Å². The monoisotopic (exact) mass is 348 g/mol. The Hall–Kier alpha value is -2.39. The van der Waals surface area contributed by atoms with Gasteiger partial charge in [-0.2, -0.15) is 0 Å². The zero-order valence-electron chi connectivity index (χ0n) is 15.5. The fraction of sp³-hybridized carbons (Fsp3) is 0.304. The van der Waals surface area contributed by atoms with Gasteiger partial charge in [-0.25, -0.2) is 4.39 Å². The largest absolute Gasteiger partial charge is 0.350 e. The summed E-state index contributed by atoms with van der Waals surface area (Å²) in [7, 11) is 0. The van der Waals surface area contributed by atoms with Crippen molar-refractivity contribution < 1.29 is 4.39 Å². The molecule has 0 spiro atoms. The summed E-state index contributed by atoms with van der Waals surface area (Å²) >= 11 is 0. The smallest absolute Gasteiger partial charge is 0.123 e. The van der Waals surface area contributed by atoms with Crippen LogP contribution < -0.4 is 0 Å². The lowest BCUT2D eigenvalue weighted by molar-refractivity contribution is 0.220. The van der Waals surface area contributed by atoms with Gasteiger partial charge in [-0.1, -0.05) is 30.3 Å². The van der Waals surface area contributed by atoms with E-state index in [1.807, 2.05) is 12.1 Å². The third kappa shape index (κ3) is 3.32. The molecular weight excluding hydrogens is 323 g/mol. The summed E-state index contributed by atoms with van der Waals surface area (Å²) < 4.78 is 15.7. The second kappa shape index (κ2) is 7.08. The third-order valence-corrected chi connectivity index (χ3v) is 5.50. The summed E-state index contributed by atoms with van der Waals surface area (Å²) in [5.74, 6) is -0.177. The molecule has 26 heavy (non-hydrogen) atoms. The molecule has 0 N–H and O–H groups in total. The fourth-order valence-corrected chi connectivity index (χ4v) is 3.95. The van der Waals surface area contributed by atoms with Gasteiger partial charge in [0.2, 0.25) is 0 Å². The van der Waals surface area contributed by atoms with Crippen LogP contribution in [0.15, 0.2) is 60.8 Å². The summed E-state index contributed by atoms with van der Waals surface area (Å²) in [6.07, 6.45) is 3.30. The van der Waals surface area contributed by atoms with Crippen molar-refractivity contribution >= 4 is 0 Å². The van der Waals surface area contributed by atoms with Crippen LogP contribution in [0.2, 0.25) is 0 Å². The van der Waals surface area contributed by atoms with Crippen LogP contribution in [0.3, 0.4) is 0 Å². The molecule has 134 valence electrons. The molecule has 2 aromatic carbocycles. The number of aromatic nitrogens is 1. The SMILES string of the molecule is Cc1ccc(C2c3cccn3CCCN2Cc2ccc(F)cc2)cc1C. The van der Waals surface area contributed by atoms with E-state index in [-0.39, 0.29) is 11.9 Å². The molecular formula is C23H25FN2. The van der Waals surface area contributed by atoms with Crippen molar-refractivity contribution in [2.75, 3.05) is 6.54 Å². The van der Waals surface area contributed by atoms with Crippen LogP contribution in [0, 0.1) is 19.7 Å². The van der Waals surface area contributed by atoms with Gasteiger partial charge in [0.1, 0.15) is 5.82 Å². The van der Waals surface area contributed by atoms with E-state index in [9.17, 15) is 4.39 Å². The minimum atomic E-state index is -0.177. The van der Waals surface area contributed by atoms with E-state index in [4.69, 9.17) is 0 Å². The van der Waals surface area contributed by atoms with E-state index >= 15 is 0 Å². The molecule has 4 rings (SSSR count). The van der Waals surface area contributed by atoms with Gasteiger partial charge in [-0.05, 0) is 66.8 Å². The number of hydrogen-bond acceptors (Lipinski definition) is 1. The zero-order chi connectivity index (χ0) is 18.1. The normalized spacial score (nSPS) is 17.7. The highest BCUT2D eigenvalue weighted by molar-refractivity contribution is 5.36. The Morgan fingerprint density at radius 2 is 1.77 bits per heavy atom. The first-order valence-electron chi connectivity index (χ1n) is 9.32. The van der Waals surface area contributed by atoms with Gasteiger partial charge in [0.05, 0.1) is 6.04 Å². The highest BCUT2D eigenvalue weighted by Crippen LogP contribution is 2.33. The van der Waals surface area contributed by atoms with Crippen LogP contribution in [-0.2, 0) is 13.1 Å². The maximum atomic E-state index is 13.3. The summed E-state index contributed by atoms with van der Waals surface area (Å²) in [5, 5.41) is 0. The molecule has 0 fully saturated rings. The molecule has 1 aliphatic rings. The number of halogens is 1. The molecule has 3 heteroatoms. The quantitative estimate of drug-likeness (QED) is 0.628. The molecule has 0 amide bonds. The predicted molar refractivity (Wildman–Crippen MR) is 104 cm³/mol. The van der Waals surface area contributed by atoms with Crippen molar-refractivity contribution in [3.63, 3.8) is 0 Å². The molecule has 0 bridgehead atoms. The number of hydrogen-bond donors (Lipinski definition) is 0. The summed E-state index contributed by atoms with van der Waals surface area (Å²) in [6.45, 7) is 7.23. The van der Waals surface area contributed by atoms with Crippen LogP contribution in [0.1, 0.15) is 40.4 Å². The standard InChI is InChI=1S/C23H25FN2/c1-17-6-9-20(15-18(17)2)23-22-5-3-12-25(22)13-4-14-26(23)16-19-7-10-21(24)11-8-19/h3,5-12,15,23H,4,13-14,16H2,1-2H3. The van der Waals surface area contributed by atoms with Gasteiger partial charge in [-0.3, -0.25) is 4.90 Å². The van der Waals surface area contributed by atoms with Gasteiger partial charge in [0, 0.05) is 31.5 Å². The van der Waals surface area contributed by atoms with Crippen molar-refractivity contribution in [2.45, 2.75) is 39.4 Å². The maximum Gasteiger partial charge on any atom is 0.123 e. The zero-order valence-corrected chi connectivity index (χ0v) is 15.5. The lowest BCUT2D eigenvalue weighted by Crippen LogP contribution is -2.29. The average Bonchev–Trinajstić information content (AvgIpc) is 3.01.